The molecule has 0 saturated carbocycles. The fraction of sp³-hybridized carbons (Fsp3) is 0.111. The minimum atomic E-state index is -0.429. The highest BCUT2D eigenvalue weighted by atomic mass is 32.1. The number of thiophene rings is 1. The van der Waals surface area contributed by atoms with Gasteiger partial charge in [-0.05, 0) is 22.4 Å². The topological polar surface area (TPSA) is 139 Å². The molecule has 2 heterocycles. The molecule has 96 valence electrons. The van der Waals surface area contributed by atoms with Gasteiger partial charge >= 0.3 is 0 Å². The minimum absolute atomic E-state index is 0.227. The zero-order chi connectivity index (χ0) is 13.3. The Balaban J connectivity index is 2.58. The maximum atomic E-state index is 9.67. The summed E-state index contributed by atoms with van der Waals surface area (Å²) in [6.45, 7) is 0.243. The SMILES string of the molecule is N=c1c(N)c(N)n(O)c(=NCc2ccsc2)n1O. The van der Waals surface area contributed by atoms with Crippen LogP contribution in [0.3, 0.4) is 0 Å². The Morgan fingerprint density at radius 2 is 2.06 bits per heavy atom. The minimum Gasteiger partial charge on any atom is -0.423 e. The Hall–Kier alpha value is -2.42. The highest BCUT2D eigenvalue weighted by Crippen LogP contribution is 2.07. The fourth-order valence-electron chi connectivity index (χ4n) is 1.33. The smallest absolute Gasteiger partial charge is 0.276 e. The van der Waals surface area contributed by atoms with Crippen LogP contribution in [0.1, 0.15) is 5.56 Å². The lowest BCUT2D eigenvalue weighted by Crippen LogP contribution is -2.41. The molecule has 0 aliphatic heterocycles. The number of aromatic nitrogens is 2. The Morgan fingerprint density at radius 3 is 2.67 bits per heavy atom. The van der Waals surface area contributed by atoms with Gasteiger partial charge in [-0.3, -0.25) is 5.41 Å². The number of nitrogens with two attached hydrogens (primary N) is 2. The predicted octanol–water partition coefficient (Wildman–Crippen LogP) is -0.430. The van der Waals surface area contributed by atoms with Crippen LogP contribution in [-0.2, 0) is 6.54 Å². The quantitative estimate of drug-likeness (QED) is 0.471. The molecule has 0 bridgehead atoms. The van der Waals surface area contributed by atoms with E-state index in [0.29, 0.717) is 9.46 Å². The molecule has 0 aliphatic carbocycles. The van der Waals surface area contributed by atoms with Crippen LogP contribution in [-0.4, -0.2) is 19.9 Å². The van der Waals surface area contributed by atoms with Gasteiger partial charge in [0.25, 0.3) is 5.62 Å². The van der Waals surface area contributed by atoms with Gasteiger partial charge in [-0.25, -0.2) is 4.99 Å². The van der Waals surface area contributed by atoms with Gasteiger partial charge in [-0.2, -0.15) is 11.3 Å². The Morgan fingerprint density at radius 1 is 1.33 bits per heavy atom. The van der Waals surface area contributed by atoms with Gasteiger partial charge in [-0.1, -0.05) is 0 Å². The summed E-state index contributed by atoms with van der Waals surface area (Å²) in [5, 5.41) is 30.6. The normalized spacial score (nSPS) is 11.9. The molecule has 0 radical (unpaired) electrons. The van der Waals surface area contributed by atoms with Crippen molar-refractivity contribution in [3.8, 4) is 0 Å². The lowest BCUT2D eigenvalue weighted by atomic mass is 10.3. The first kappa shape index (κ1) is 12.0. The van der Waals surface area contributed by atoms with E-state index >= 15 is 0 Å². The molecule has 8 nitrogen and oxygen atoms in total. The van der Waals surface area contributed by atoms with Crippen molar-refractivity contribution in [2.45, 2.75) is 6.54 Å². The van der Waals surface area contributed by atoms with E-state index in [4.69, 9.17) is 16.9 Å². The first-order chi connectivity index (χ1) is 8.52. The summed E-state index contributed by atoms with van der Waals surface area (Å²) < 4.78 is 0.817. The molecule has 0 fully saturated rings. The second kappa shape index (κ2) is 4.45. The summed E-state index contributed by atoms with van der Waals surface area (Å²) >= 11 is 1.51. The Labute approximate surface area is 105 Å². The highest BCUT2D eigenvalue weighted by Gasteiger charge is 2.09. The van der Waals surface area contributed by atoms with Crippen LogP contribution in [0.2, 0.25) is 0 Å². The van der Waals surface area contributed by atoms with Crippen molar-refractivity contribution in [3.63, 3.8) is 0 Å². The van der Waals surface area contributed by atoms with Crippen LogP contribution >= 0.6 is 11.3 Å². The van der Waals surface area contributed by atoms with Crippen LogP contribution in [0.15, 0.2) is 21.8 Å². The van der Waals surface area contributed by atoms with Gasteiger partial charge in [0.05, 0.1) is 6.54 Å². The second-order valence-corrected chi connectivity index (χ2v) is 4.30. The second-order valence-electron chi connectivity index (χ2n) is 3.52. The number of hydrogen-bond acceptors (Lipinski definition) is 7. The third kappa shape index (κ3) is 1.91. The van der Waals surface area contributed by atoms with Crippen molar-refractivity contribution in [1.82, 2.24) is 9.46 Å². The number of nitrogens with one attached hydrogen (secondary N) is 1. The van der Waals surface area contributed by atoms with Crippen LogP contribution in [0.4, 0.5) is 11.5 Å². The molecular formula is C9H12N6O2S. The maximum absolute atomic E-state index is 9.67. The van der Waals surface area contributed by atoms with Gasteiger partial charge in [0.15, 0.2) is 11.3 Å². The molecule has 0 saturated heterocycles. The van der Waals surface area contributed by atoms with Gasteiger partial charge in [0.2, 0.25) is 0 Å². The van der Waals surface area contributed by atoms with Gasteiger partial charge in [-0.15, -0.1) is 9.46 Å². The van der Waals surface area contributed by atoms with E-state index in [1.165, 1.54) is 11.3 Å². The van der Waals surface area contributed by atoms with Crippen molar-refractivity contribution in [2.24, 2.45) is 4.99 Å². The van der Waals surface area contributed by atoms with Crippen LogP contribution in [0.25, 0.3) is 0 Å². The van der Waals surface area contributed by atoms with Gasteiger partial charge in [0.1, 0.15) is 5.69 Å². The summed E-state index contributed by atoms with van der Waals surface area (Å²) in [6, 6.07) is 1.86. The molecule has 0 aliphatic rings. The van der Waals surface area contributed by atoms with Gasteiger partial charge in [0, 0.05) is 0 Å². The molecule has 9 heteroatoms. The monoisotopic (exact) mass is 268 g/mol. The van der Waals surface area contributed by atoms with Gasteiger partial charge < -0.3 is 21.9 Å². The van der Waals surface area contributed by atoms with Crippen LogP contribution < -0.4 is 22.6 Å². The average Bonchev–Trinajstić information content (AvgIpc) is 2.87. The number of nitrogen functional groups attached to an aromatic ring is 2. The summed E-state index contributed by atoms with van der Waals surface area (Å²) in [6.07, 6.45) is 0. The predicted molar refractivity (Wildman–Crippen MR) is 65.1 cm³/mol. The third-order valence-electron chi connectivity index (χ3n) is 2.33. The Bertz CT molecular complexity index is 684. The molecule has 18 heavy (non-hydrogen) atoms. The van der Waals surface area contributed by atoms with Crippen molar-refractivity contribution in [2.75, 3.05) is 11.5 Å². The number of nitrogens with zero attached hydrogens (tertiary/aromatic N) is 3. The molecule has 0 amide bonds. The van der Waals surface area contributed by atoms with Crippen LogP contribution in [0, 0.1) is 5.41 Å². The highest BCUT2D eigenvalue weighted by molar-refractivity contribution is 7.07. The number of hydrogen-bond donors (Lipinski definition) is 5. The molecule has 0 unspecified atom stereocenters. The first-order valence-corrected chi connectivity index (χ1v) is 5.84. The maximum Gasteiger partial charge on any atom is 0.276 e. The van der Waals surface area contributed by atoms with E-state index in [1.807, 2.05) is 16.8 Å². The zero-order valence-corrected chi connectivity index (χ0v) is 10.1. The molecule has 0 aromatic carbocycles. The third-order valence-corrected chi connectivity index (χ3v) is 3.07. The largest absolute Gasteiger partial charge is 0.423 e. The van der Waals surface area contributed by atoms with E-state index in [9.17, 15) is 10.4 Å². The van der Waals surface area contributed by atoms with Crippen molar-refractivity contribution >= 4 is 22.8 Å². The fourth-order valence-corrected chi connectivity index (χ4v) is 1.99. The van der Waals surface area contributed by atoms with Crippen molar-refractivity contribution < 1.29 is 10.4 Å². The van der Waals surface area contributed by atoms with Crippen LogP contribution in [0.5, 0.6) is 0 Å². The first-order valence-electron chi connectivity index (χ1n) is 4.90. The Kier molecular flexibility index (Phi) is 2.98. The average molecular weight is 268 g/mol. The van der Waals surface area contributed by atoms with E-state index < -0.39 is 5.49 Å². The molecule has 0 atom stereocenters. The lowest BCUT2D eigenvalue weighted by Gasteiger charge is -2.09. The lowest BCUT2D eigenvalue weighted by molar-refractivity contribution is 0.0984. The molecule has 2 rings (SSSR count). The molecule has 2 aromatic rings. The van der Waals surface area contributed by atoms with E-state index in [2.05, 4.69) is 4.99 Å². The van der Waals surface area contributed by atoms with E-state index in [1.54, 1.807) is 0 Å². The molecular weight excluding hydrogens is 256 g/mol. The number of anilines is 2. The van der Waals surface area contributed by atoms with Crippen molar-refractivity contribution in [1.29, 1.82) is 5.41 Å². The van der Waals surface area contributed by atoms with Crippen molar-refractivity contribution in [3.05, 3.63) is 33.5 Å². The molecule has 7 N–H and O–H groups in total. The summed E-state index contributed by atoms with van der Waals surface area (Å²) in [4.78, 5) is 3.99. The molecule has 2 aromatic heterocycles. The number of rotatable bonds is 2. The van der Waals surface area contributed by atoms with E-state index in [-0.39, 0.29) is 23.7 Å². The molecule has 0 spiro atoms. The summed E-state index contributed by atoms with van der Waals surface area (Å²) in [7, 11) is 0. The zero-order valence-electron chi connectivity index (χ0n) is 9.24. The van der Waals surface area contributed by atoms with E-state index in [0.717, 1.165) is 5.56 Å². The summed E-state index contributed by atoms with van der Waals surface area (Å²) in [5.41, 5.74) is 10.9. The summed E-state index contributed by atoms with van der Waals surface area (Å²) in [5.74, 6) is -0.241. The standard InChI is InChI=1S/C9H12N6O2S/c10-6-7(11)14(16)9(15(17)8(6)12)13-3-5-1-2-18-4-5/h1-2,4,11,16-17H,3,10,12H2.